The van der Waals surface area contributed by atoms with Crippen molar-refractivity contribution in [2.45, 2.75) is 24.8 Å². The van der Waals surface area contributed by atoms with Crippen LogP contribution in [-0.4, -0.2) is 50.1 Å². The number of methoxy groups -OCH3 is 2. The molecule has 2 aromatic carbocycles. The Morgan fingerprint density at radius 3 is 2.52 bits per heavy atom. The molecule has 0 aromatic heterocycles. The molecule has 0 unspecified atom stereocenters. The average Bonchev–Trinajstić information content (AvgIpc) is 3.47. The van der Waals surface area contributed by atoms with Gasteiger partial charge >= 0.3 is 0 Å². The molecule has 2 aliphatic rings. The summed E-state index contributed by atoms with van der Waals surface area (Å²) in [6.07, 6.45) is 2.06. The summed E-state index contributed by atoms with van der Waals surface area (Å²) in [5, 5.41) is 3.11. The van der Waals surface area contributed by atoms with Crippen LogP contribution in [-0.2, 0) is 4.79 Å². The molecule has 29 heavy (non-hydrogen) atoms. The van der Waals surface area contributed by atoms with E-state index in [0.29, 0.717) is 24.4 Å². The van der Waals surface area contributed by atoms with Gasteiger partial charge in [0.25, 0.3) is 5.91 Å². The Kier molecular flexibility index (Phi) is 5.43. The lowest BCUT2D eigenvalue weighted by atomic mass is 9.87. The molecule has 152 valence electrons. The van der Waals surface area contributed by atoms with E-state index < -0.39 is 0 Å². The van der Waals surface area contributed by atoms with Crippen molar-refractivity contribution in [1.82, 2.24) is 10.2 Å². The van der Waals surface area contributed by atoms with Gasteiger partial charge in [0.2, 0.25) is 5.91 Å². The second-order valence-electron chi connectivity index (χ2n) is 7.68. The molecule has 6 heteroatoms. The third-order valence-electron chi connectivity index (χ3n) is 5.72. The Morgan fingerprint density at radius 2 is 1.79 bits per heavy atom. The molecule has 0 bridgehead atoms. The number of ether oxygens (including phenoxy) is 2. The first-order valence-corrected chi connectivity index (χ1v) is 9.97. The smallest absolute Gasteiger partial charge is 0.254 e. The number of likely N-dealkylation sites (tertiary alicyclic amines) is 1. The summed E-state index contributed by atoms with van der Waals surface area (Å²) in [6.45, 7) is 0.858. The quantitative estimate of drug-likeness (QED) is 0.818. The minimum absolute atomic E-state index is 0.0179. The molecule has 4 rings (SSSR count). The van der Waals surface area contributed by atoms with E-state index in [9.17, 15) is 9.59 Å². The second-order valence-corrected chi connectivity index (χ2v) is 7.68. The number of nitrogens with zero attached hydrogens (tertiary/aromatic N) is 1. The molecule has 1 aliphatic carbocycles. The van der Waals surface area contributed by atoms with Crippen LogP contribution in [0.1, 0.15) is 34.7 Å². The molecule has 0 spiro atoms. The monoisotopic (exact) mass is 394 g/mol. The SMILES string of the molecule is COc1cccc(C(=O)N2C[C@H](c3ccccc3OC)[C@H](C(=O)NC3CC3)C2)c1. The number of hydrogen-bond donors (Lipinski definition) is 1. The highest BCUT2D eigenvalue weighted by Gasteiger charge is 2.42. The number of para-hydroxylation sites is 1. The zero-order chi connectivity index (χ0) is 20.4. The van der Waals surface area contributed by atoms with Crippen molar-refractivity contribution >= 4 is 11.8 Å². The minimum Gasteiger partial charge on any atom is -0.497 e. The highest BCUT2D eigenvalue weighted by Crippen LogP contribution is 2.38. The lowest BCUT2D eigenvalue weighted by molar-refractivity contribution is -0.125. The number of rotatable bonds is 6. The van der Waals surface area contributed by atoms with Crippen LogP contribution in [0.25, 0.3) is 0 Å². The van der Waals surface area contributed by atoms with Gasteiger partial charge in [0.05, 0.1) is 20.1 Å². The molecule has 1 saturated carbocycles. The first kappa shape index (κ1) is 19.3. The molecule has 6 nitrogen and oxygen atoms in total. The highest BCUT2D eigenvalue weighted by atomic mass is 16.5. The molecular weight excluding hydrogens is 368 g/mol. The molecule has 1 heterocycles. The minimum atomic E-state index is -0.304. The van der Waals surface area contributed by atoms with Gasteiger partial charge in [-0.3, -0.25) is 9.59 Å². The normalized spacial score (nSPS) is 21.0. The molecule has 2 amide bonds. The molecule has 1 N–H and O–H groups in total. The molecule has 2 fully saturated rings. The van der Waals surface area contributed by atoms with Crippen LogP contribution in [0.15, 0.2) is 48.5 Å². The van der Waals surface area contributed by atoms with Crippen molar-refractivity contribution in [3.8, 4) is 11.5 Å². The molecule has 1 saturated heterocycles. The van der Waals surface area contributed by atoms with Crippen LogP contribution in [0.2, 0.25) is 0 Å². The predicted octanol–water partition coefficient (Wildman–Crippen LogP) is 2.84. The number of carbonyl (C=O) groups excluding carboxylic acids is 2. The predicted molar refractivity (Wildman–Crippen MR) is 109 cm³/mol. The van der Waals surface area contributed by atoms with Gasteiger partial charge < -0.3 is 19.7 Å². The van der Waals surface area contributed by atoms with Crippen LogP contribution < -0.4 is 14.8 Å². The van der Waals surface area contributed by atoms with E-state index in [1.165, 1.54) is 0 Å². The van der Waals surface area contributed by atoms with Gasteiger partial charge in [-0.25, -0.2) is 0 Å². The van der Waals surface area contributed by atoms with Gasteiger partial charge in [-0.1, -0.05) is 24.3 Å². The van der Waals surface area contributed by atoms with Gasteiger partial charge in [-0.05, 0) is 42.7 Å². The van der Waals surface area contributed by atoms with Crippen molar-refractivity contribution in [2.75, 3.05) is 27.3 Å². The number of hydrogen-bond acceptors (Lipinski definition) is 4. The van der Waals surface area contributed by atoms with Crippen molar-refractivity contribution in [3.05, 3.63) is 59.7 Å². The lowest BCUT2D eigenvalue weighted by Gasteiger charge is -2.20. The lowest BCUT2D eigenvalue weighted by Crippen LogP contribution is -2.36. The van der Waals surface area contributed by atoms with Gasteiger partial charge in [0.1, 0.15) is 11.5 Å². The third kappa shape index (κ3) is 4.06. The molecule has 2 atom stereocenters. The van der Waals surface area contributed by atoms with Crippen LogP contribution in [0, 0.1) is 5.92 Å². The van der Waals surface area contributed by atoms with Crippen molar-refractivity contribution in [2.24, 2.45) is 5.92 Å². The van der Waals surface area contributed by atoms with Crippen LogP contribution in [0.5, 0.6) is 11.5 Å². The highest BCUT2D eigenvalue weighted by molar-refractivity contribution is 5.95. The van der Waals surface area contributed by atoms with E-state index in [4.69, 9.17) is 9.47 Å². The Hall–Kier alpha value is -3.02. The van der Waals surface area contributed by atoms with E-state index in [2.05, 4.69) is 5.32 Å². The Bertz CT molecular complexity index is 909. The molecule has 1 aliphatic heterocycles. The maximum atomic E-state index is 13.2. The summed E-state index contributed by atoms with van der Waals surface area (Å²) in [5.74, 6) is 0.896. The fourth-order valence-corrected chi connectivity index (χ4v) is 4.00. The van der Waals surface area contributed by atoms with Crippen molar-refractivity contribution in [1.29, 1.82) is 0 Å². The van der Waals surface area contributed by atoms with Crippen LogP contribution in [0.4, 0.5) is 0 Å². The summed E-state index contributed by atoms with van der Waals surface area (Å²) in [7, 11) is 3.21. The molecule has 2 aromatic rings. The van der Waals surface area contributed by atoms with Crippen LogP contribution >= 0.6 is 0 Å². The maximum absolute atomic E-state index is 13.2. The maximum Gasteiger partial charge on any atom is 0.254 e. The summed E-state index contributed by atoms with van der Waals surface area (Å²) in [5.41, 5.74) is 1.53. The Balaban J connectivity index is 1.61. The number of carbonyl (C=O) groups is 2. The van der Waals surface area contributed by atoms with E-state index in [1.54, 1.807) is 37.3 Å². The first-order chi connectivity index (χ1) is 14.1. The number of amides is 2. The standard InChI is InChI=1S/C23H26N2O4/c1-28-17-7-5-6-15(12-17)23(27)25-13-19(18-8-3-4-9-21(18)29-2)20(14-25)22(26)24-16-10-11-16/h3-9,12,16,19-20H,10-11,13-14H2,1-2H3,(H,24,26)/t19-,20-/m1/s1. The summed E-state index contributed by atoms with van der Waals surface area (Å²) < 4.78 is 10.8. The fraction of sp³-hybridized carbons (Fsp3) is 0.391. The molecular formula is C23H26N2O4. The number of benzene rings is 2. The largest absolute Gasteiger partial charge is 0.497 e. The average molecular weight is 394 g/mol. The van der Waals surface area contributed by atoms with Gasteiger partial charge in [0.15, 0.2) is 0 Å². The van der Waals surface area contributed by atoms with E-state index >= 15 is 0 Å². The van der Waals surface area contributed by atoms with Crippen molar-refractivity contribution < 1.29 is 19.1 Å². The van der Waals surface area contributed by atoms with E-state index in [-0.39, 0.29) is 29.7 Å². The topological polar surface area (TPSA) is 67.9 Å². The zero-order valence-corrected chi connectivity index (χ0v) is 16.8. The second kappa shape index (κ2) is 8.15. The van der Waals surface area contributed by atoms with Crippen molar-refractivity contribution in [3.63, 3.8) is 0 Å². The first-order valence-electron chi connectivity index (χ1n) is 9.97. The Labute approximate surface area is 170 Å². The fourth-order valence-electron chi connectivity index (χ4n) is 4.00. The van der Waals surface area contributed by atoms with Gasteiger partial charge in [-0.2, -0.15) is 0 Å². The third-order valence-corrected chi connectivity index (χ3v) is 5.72. The Morgan fingerprint density at radius 1 is 1.00 bits per heavy atom. The van der Waals surface area contributed by atoms with Gasteiger partial charge in [0, 0.05) is 30.6 Å². The zero-order valence-electron chi connectivity index (χ0n) is 16.8. The summed E-state index contributed by atoms with van der Waals surface area (Å²) in [6, 6.07) is 15.2. The summed E-state index contributed by atoms with van der Waals surface area (Å²) in [4.78, 5) is 27.9. The summed E-state index contributed by atoms with van der Waals surface area (Å²) >= 11 is 0. The molecule has 0 radical (unpaired) electrons. The van der Waals surface area contributed by atoms with E-state index in [1.807, 2.05) is 30.3 Å². The van der Waals surface area contributed by atoms with Gasteiger partial charge in [-0.15, -0.1) is 0 Å². The van der Waals surface area contributed by atoms with E-state index in [0.717, 1.165) is 24.2 Å². The number of nitrogens with one attached hydrogen (secondary N) is 1. The van der Waals surface area contributed by atoms with Crippen LogP contribution in [0.3, 0.4) is 0 Å².